The molecule has 3 rings (SSSR count). The Morgan fingerprint density at radius 1 is 1.00 bits per heavy atom. The lowest BCUT2D eigenvalue weighted by Crippen LogP contribution is -2.39. The summed E-state index contributed by atoms with van der Waals surface area (Å²) in [6.45, 7) is 1.15. The largest absolute Gasteiger partial charge is 0.368 e. The maximum Gasteiger partial charge on any atom is 0.188 e. The van der Waals surface area contributed by atoms with Crippen LogP contribution >= 0.6 is 0 Å². The summed E-state index contributed by atoms with van der Waals surface area (Å²) >= 11 is 0. The van der Waals surface area contributed by atoms with Gasteiger partial charge in [0.25, 0.3) is 0 Å². The van der Waals surface area contributed by atoms with E-state index >= 15 is 0 Å². The molecule has 24 heavy (non-hydrogen) atoms. The highest BCUT2D eigenvalue weighted by atomic mass is 16.7. The highest BCUT2D eigenvalue weighted by Gasteiger charge is 2.28. The zero-order valence-corrected chi connectivity index (χ0v) is 13.6. The zero-order chi connectivity index (χ0) is 16.6. The van der Waals surface area contributed by atoms with Gasteiger partial charge in [0.1, 0.15) is 12.7 Å². The van der Waals surface area contributed by atoms with Crippen LogP contribution in [0.2, 0.25) is 0 Å². The number of hydrogen-bond acceptors (Lipinski definition) is 4. The molecule has 0 radical (unpaired) electrons. The summed E-state index contributed by atoms with van der Waals surface area (Å²) in [7, 11) is 0. The Balaban J connectivity index is 1.51. The Labute approximate surface area is 142 Å². The summed E-state index contributed by atoms with van der Waals surface area (Å²) in [5.41, 5.74) is 1.76. The number of rotatable bonds is 7. The third-order valence-corrected chi connectivity index (χ3v) is 4.00. The van der Waals surface area contributed by atoms with Crippen LogP contribution < -0.4 is 0 Å². The molecule has 1 aliphatic rings. The standard InChI is InChI=1S/C20H22O4/c21-18(17-10-5-2-6-11-17)15-24-20-19(12-7-13-22-20)23-14-16-8-3-1-4-9-16/h1-6,8-11,19-20H,7,12-15H2/t19-,20+/m0/s1. The maximum atomic E-state index is 12.2. The third kappa shape index (κ3) is 4.74. The first-order valence-corrected chi connectivity index (χ1v) is 8.30. The molecule has 2 atom stereocenters. The van der Waals surface area contributed by atoms with Crippen LogP contribution in [0.5, 0.6) is 0 Å². The quantitative estimate of drug-likeness (QED) is 0.729. The monoisotopic (exact) mass is 326 g/mol. The molecular weight excluding hydrogens is 304 g/mol. The molecule has 0 aromatic heterocycles. The summed E-state index contributed by atoms with van der Waals surface area (Å²) in [5, 5.41) is 0. The van der Waals surface area contributed by atoms with Crippen LogP contribution in [0.4, 0.5) is 0 Å². The summed E-state index contributed by atoms with van der Waals surface area (Å²) in [6.07, 6.45) is 1.17. The van der Waals surface area contributed by atoms with Crippen molar-refractivity contribution in [2.24, 2.45) is 0 Å². The summed E-state index contributed by atoms with van der Waals surface area (Å²) in [6, 6.07) is 19.2. The Morgan fingerprint density at radius 3 is 2.46 bits per heavy atom. The molecule has 1 aliphatic heterocycles. The molecule has 2 aromatic rings. The topological polar surface area (TPSA) is 44.8 Å². The normalized spacial score (nSPS) is 20.7. The van der Waals surface area contributed by atoms with Gasteiger partial charge >= 0.3 is 0 Å². The van der Waals surface area contributed by atoms with Crippen LogP contribution in [0.25, 0.3) is 0 Å². The van der Waals surface area contributed by atoms with Crippen LogP contribution in [-0.4, -0.2) is 31.4 Å². The van der Waals surface area contributed by atoms with Crippen molar-refractivity contribution in [3.8, 4) is 0 Å². The minimum absolute atomic E-state index is 0.000122. The molecule has 0 amide bonds. The van der Waals surface area contributed by atoms with Crippen LogP contribution in [0.3, 0.4) is 0 Å². The fraction of sp³-hybridized carbons (Fsp3) is 0.350. The number of Topliss-reactive ketones (excluding diaryl/α,β-unsaturated/α-hetero) is 1. The fourth-order valence-corrected chi connectivity index (χ4v) is 2.69. The Morgan fingerprint density at radius 2 is 1.71 bits per heavy atom. The van der Waals surface area contributed by atoms with Gasteiger partial charge < -0.3 is 14.2 Å². The van der Waals surface area contributed by atoms with Crippen molar-refractivity contribution >= 4 is 5.78 Å². The van der Waals surface area contributed by atoms with Gasteiger partial charge in [0.15, 0.2) is 12.1 Å². The smallest absolute Gasteiger partial charge is 0.188 e. The molecule has 1 fully saturated rings. The van der Waals surface area contributed by atoms with Gasteiger partial charge in [-0.1, -0.05) is 60.7 Å². The number of ether oxygens (including phenoxy) is 3. The molecule has 0 bridgehead atoms. The van der Waals surface area contributed by atoms with Crippen molar-refractivity contribution in [3.05, 3.63) is 71.8 Å². The van der Waals surface area contributed by atoms with E-state index in [9.17, 15) is 4.79 Å². The van der Waals surface area contributed by atoms with Crippen LogP contribution in [0.15, 0.2) is 60.7 Å². The second-order valence-corrected chi connectivity index (χ2v) is 5.82. The lowest BCUT2D eigenvalue weighted by Gasteiger charge is -2.31. The average molecular weight is 326 g/mol. The predicted molar refractivity (Wildman–Crippen MR) is 90.7 cm³/mol. The molecule has 0 N–H and O–H groups in total. The predicted octanol–water partition coefficient (Wildman–Crippen LogP) is 3.61. The first-order valence-electron chi connectivity index (χ1n) is 8.30. The van der Waals surface area contributed by atoms with E-state index in [4.69, 9.17) is 14.2 Å². The van der Waals surface area contributed by atoms with Crippen LogP contribution in [0, 0.1) is 0 Å². The van der Waals surface area contributed by atoms with Crippen LogP contribution in [0.1, 0.15) is 28.8 Å². The van der Waals surface area contributed by atoms with Crippen molar-refractivity contribution in [3.63, 3.8) is 0 Å². The van der Waals surface area contributed by atoms with Crippen molar-refractivity contribution < 1.29 is 19.0 Å². The molecule has 0 saturated carbocycles. The molecular formula is C20H22O4. The molecule has 0 spiro atoms. The Bertz CT molecular complexity index is 627. The van der Waals surface area contributed by atoms with Gasteiger partial charge in [-0.3, -0.25) is 4.79 Å². The maximum absolute atomic E-state index is 12.2. The minimum atomic E-state index is -0.491. The van der Waals surface area contributed by atoms with E-state index in [2.05, 4.69) is 0 Å². The highest BCUT2D eigenvalue weighted by molar-refractivity contribution is 5.96. The Hall–Kier alpha value is -2.01. The van der Waals surface area contributed by atoms with Gasteiger partial charge in [0.2, 0.25) is 0 Å². The van der Waals surface area contributed by atoms with E-state index < -0.39 is 6.29 Å². The minimum Gasteiger partial charge on any atom is -0.368 e. The van der Waals surface area contributed by atoms with Gasteiger partial charge in [-0.2, -0.15) is 0 Å². The number of carbonyl (C=O) groups is 1. The first-order chi connectivity index (χ1) is 11.8. The molecule has 126 valence electrons. The summed E-state index contributed by atoms with van der Waals surface area (Å²) in [4.78, 5) is 12.2. The van der Waals surface area contributed by atoms with Gasteiger partial charge in [-0.05, 0) is 18.4 Å². The molecule has 1 saturated heterocycles. The lowest BCUT2D eigenvalue weighted by molar-refractivity contribution is -0.225. The van der Waals surface area contributed by atoms with E-state index in [0.29, 0.717) is 18.8 Å². The van der Waals surface area contributed by atoms with Crippen molar-refractivity contribution in [2.45, 2.75) is 31.8 Å². The van der Waals surface area contributed by atoms with E-state index in [1.54, 1.807) is 12.1 Å². The first kappa shape index (κ1) is 16.8. The molecule has 2 aromatic carbocycles. The van der Waals surface area contributed by atoms with Crippen molar-refractivity contribution in [2.75, 3.05) is 13.2 Å². The number of benzene rings is 2. The molecule has 4 nitrogen and oxygen atoms in total. The molecule has 1 heterocycles. The van der Waals surface area contributed by atoms with Crippen molar-refractivity contribution in [1.82, 2.24) is 0 Å². The Kier molecular flexibility index (Phi) is 6.13. The van der Waals surface area contributed by atoms with E-state index in [1.165, 1.54) is 0 Å². The van der Waals surface area contributed by atoms with E-state index in [0.717, 1.165) is 18.4 Å². The van der Waals surface area contributed by atoms with Gasteiger partial charge in [0, 0.05) is 12.2 Å². The fourth-order valence-electron chi connectivity index (χ4n) is 2.69. The van der Waals surface area contributed by atoms with E-state index in [1.807, 2.05) is 48.5 Å². The number of hydrogen-bond donors (Lipinski definition) is 0. The van der Waals surface area contributed by atoms with Crippen LogP contribution in [-0.2, 0) is 20.8 Å². The van der Waals surface area contributed by atoms with E-state index in [-0.39, 0.29) is 18.5 Å². The second kappa shape index (κ2) is 8.73. The zero-order valence-electron chi connectivity index (χ0n) is 13.6. The molecule has 4 heteroatoms. The molecule has 0 unspecified atom stereocenters. The number of carbonyl (C=O) groups excluding carboxylic acids is 1. The lowest BCUT2D eigenvalue weighted by atomic mass is 10.1. The summed E-state index contributed by atoms with van der Waals surface area (Å²) < 4.78 is 17.3. The third-order valence-electron chi connectivity index (χ3n) is 4.00. The summed E-state index contributed by atoms with van der Waals surface area (Å²) in [5.74, 6) is -0.0495. The van der Waals surface area contributed by atoms with Gasteiger partial charge in [-0.15, -0.1) is 0 Å². The molecule has 0 aliphatic carbocycles. The van der Waals surface area contributed by atoms with Crippen molar-refractivity contribution in [1.29, 1.82) is 0 Å². The van der Waals surface area contributed by atoms with Gasteiger partial charge in [0.05, 0.1) is 6.61 Å². The highest BCUT2D eigenvalue weighted by Crippen LogP contribution is 2.20. The average Bonchev–Trinajstić information content (AvgIpc) is 2.66. The number of ketones is 1. The second-order valence-electron chi connectivity index (χ2n) is 5.82. The SMILES string of the molecule is O=C(CO[C@H]1OCCC[C@@H]1OCc1ccccc1)c1ccccc1. The van der Waals surface area contributed by atoms with Gasteiger partial charge in [-0.25, -0.2) is 0 Å².